The summed E-state index contributed by atoms with van der Waals surface area (Å²) in [5.41, 5.74) is -0.333. The van der Waals surface area contributed by atoms with Crippen molar-refractivity contribution in [3.8, 4) is 5.75 Å². The van der Waals surface area contributed by atoms with Gasteiger partial charge in [-0.25, -0.2) is 0 Å². The van der Waals surface area contributed by atoms with Crippen molar-refractivity contribution >= 4 is 17.3 Å². The lowest BCUT2D eigenvalue weighted by atomic mass is 9.83. The molecule has 0 aromatic heterocycles. The van der Waals surface area contributed by atoms with Crippen LogP contribution in [-0.2, 0) is 9.53 Å². The van der Waals surface area contributed by atoms with Gasteiger partial charge in [0.15, 0.2) is 0 Å². The first-order valence-electron chi connectivity index (χ1n) is 6.62. The normalized spacial score (nSPS) is 27.9. The maximum Gasteiger partial charge on any atom is 0.296 e. The second-order valence-corrected chi connectivity index (χ2v) is 6.06. The van der Waals surface area contributed by atoms with Gasteiger partial charge in [0.25, 0.3) is 5.69 Å². The summed E-state index contributed by atoms with van der Waals surface area (Å²) >= 11 is 0. The van der Waals surface area contributed by atoms with E-state index in [0.717, 1.165) is 5.56 Å². The minimum absolute atomic E-state index is 0.160. The van der Waals surface area contributed by atoms with Gasteiger partial charge in [-0.15, -0.1) is 0 Å². The molecule has 1 aromatic rings. The van der Waals surface area contributed by atoms with Crippen molar-refractivity contribution in [2.24, 2.45) is 0 Å². The topological polar surface area (TPSA) is 94.0 Å². The minimum atomic E-state index is -0.575. The van der Waals surface area contributed by atoms with Crippen molar-refractivity contribution in [1.82, 2.24) is 0 Å². The number of anilines is 1. The van der Waals surface area contributed by atoms with Crippen LogP contribution in [0.15, 0.2) is 12.1 Å². The SMILES string of the molecule is CC(=O)Nc1cc2c(cc1[N+](=O)[O-])OC(C)(C)C1(C)OC21. The number of amides is 1. The molecule has 1 amide bonds. The smallest absolute Gasteiger partial charge is 0.296 e. The summed E-state index contributed by atoms with van der Waals surface area (Å²) in [6.45, 7) is 7.04. The van der Waals surface area contributed by atoms with Crippen LogP contribution in [0.25, 0.3) is 0 Å². The van der Waals surface area contributed by atoms with Gasteiger partial charge in [0.2, 0.25) is 5.91 Å². The zero-order valence-electron chi connectivity index (χ0n) is 12.2. The van der Waals surface area contributed by atoms with E-state index in [1.54, 1.807) is 6.07 Å². The van der Waals surface area contributed by atoms with Crippen LogP contribution in [0.5, 0.6) is 5.75 Å². The van der Waals surface area contributed by atoms with Crippen LogP contribution >= 0.6 is 0 Å². The van der Waals surface area contributed by atoms with E-state index < -0.39 is 16.1 Å². The van der Waals surface area contributed by atoms with Crippen LogP contribution in [0, 0.1) is 10.1 Å². The average molecular weight is 292 g/mol. The number of nitro groups is 1. The summed E-state index contributed by atoms with van der Waals surface area (Å²) < 4.78 is 11.6. The first-order valence-corrected chi connectivity index (χ1v) is 6.62. The lowest BCUT2D eigenvalue weighted by molar-refractivity contribution is -0.384. The van der Waals surface area contributed by atoms with Crippen LogP contribution in [0.4, 0.5) is 11.4 Å². The number of carbonyl (C=O) groups is 1. The number of nitro benzene ring substituents is 1. The highest BCUT2D eigenvalue weighted by Gasteiger charge is 2.67. The average Bonchev–Trinajstić information content (AvgIpc) is 3.03. The summed E-state index contributed by atoms with van der Waals surface area (Å²) in [4.78, 5) is 21.9. The predicted molar refractivity (Wildman–Crippen MR) is 74.3 cm³/mol. The Morgan fingerprint density at radius 2 is 2.05 bits per heavy atom. The molecule has 1 saturated heterocycles. The Morgan fingerprint density at radius 3 is 2.62 bits per heavy atom. The molecule has 0 spiro atoms. The Kier molecular flexibility index (Phi) is 2.59. The van der Waals surface area contributed by atoms with Gasteiger partial charge in [-0.1, -0.05) is 0 Å². The molecule has 2 unspecified atom stereocenters. The highest BCUT2D eigenvalue weighted by molar-refractivity contribution is 5.92. The van der Waals surface area contributed by atoms with Gasteiger partial charge in [0.05, 0.1) is 11.0 Å². The van der Waals surface area contributed by atoms with E-state index in [1.165, 1.54) is 13.0 Å². The number of nitrogens with one attached hydrogen (secondary N) is 1. The maximum atomic E-state index is 11.2. The summed E-state index contributed by atoms with van der Waals surface area (Å²) in [6.07, 6.45) is -0.176. The number of hydrogen-bond donors (Lipinski definition) is 1. The highest BCUT2D eigenvalue weighted by Crippen LogP contribution is 2.62. The molecule has 112 valence electrons. The van der Waals surface area contributed by atoms with Crippen LogP contribution in [0.2, 0.25) is 0 Å². The fourth-order valence-corrected chi connectivity index (χ4v) is 2.72. The largest absolute Gasteiger partial charge is 0.484 e. The van der Waals surface area contributed by atoms with Crippen molar-refractivity contribution < 1.29 is 19.2 Å². The van der Waals surface area contributed by atoms with Crippen LogP contribution in [-0.4, -0.2) is 22.0 Å². The fourth-order valence-electron chi connectivity index (χ4n) is 2.72. The molecule has 1 aromatic carbocycles. The second kappa shape index (κ2) is 3.94. The molecule has 1 fully saturated rings. The number of ether oxygens (including phenoxy) is 2. The van der Waals surface area contributed by atoms with Crippen LogP contribution in [0.3, 0.4) is 0 Å². The van der Waals surface area contributed by atoms with E-state index in [4.69, 9.17) is 9.47 Å². The van der Waals surface area contributed by atoms with E-state index in [0.29, 0.717) is 5.75 Å². The van der Waals surface area contributed by atoms with Gasteiger partial charge < -0.3 is 14.8 Å². The minimum Gasteiger partial charge on any atom is -0.484 e. The van der Waals surface area contributed by atoms with Crippen molar-refractivity contribution in [2.75, 3.05) is 5.32 Å². The van der Waals surface area contributed by atoms with Crippen LogP contribution < -0.4 is 10.1 Å². The van der Waals surface area contributed by atoms with E-state index in [9.17, 15) is 14.9 Å². The van der Waals surface area contributed by atoms with Gasteiger partial charge in [-0.2, -0.15) is 0 Å². The molecule has 21 heavy (non-hydrogen) atoms. The van der Waals surface area contributed by atoms with E-state index >= 15 is 0 Å². The molecule has 2 aliphatic rings. The number of fused-ring (bicyclic) bond motifs is 3. The molecule has 0 bridgehead atoms. The first-order chi connectivity index (χ1) is 9.65. The number of nitrogens with zero attached hydrogens (tertiary/aromatic N) is 1. The first kappa shape index (κ1) is 13.8. The Balaban J connectivity index is 2.13. The molecular weight excluding hydrogens is 276 g/mol. The molecule has 0 saturated carbocycles. The lowest BCUT2D eigenvalue weighted by Crippen LogP contribution is -2.45. The van der Waals surface area contributed by atoms with Crippen molar-refractivity contribution in [2.45, 2.75) is 45.0 Å². The number of rotatable bonds is 2. The molecule has 7 nitrogen and oxygen atoms in total. The second-order valence-electron chi connectivity index (χ2n) is 6.06. The Hall–Kier alpha value is -2.15. The Bertz CT molecular complexity index is 670. The van der Waals surface area contributed by atoms with E-state index in [1.807, 2.05) is 20.8 Å². The molecular formula is C14H16N2O5. The van der Waals surface area contributed by atoms with Crippen molar-refractivity contribution in [3.05, 3.63) is 27.8 Å². The third-order valence-electron chi connectivity index (χ3n) is 4.28. The molecule has 0 aliphatic carbocycles. The third kappa shape index (κ3) is 1.88. The lowest BCUT2D eigenvalue weighted by Gasteiger charge is -2.35. The summed E-state index contributed by atoms with van der Waals surface area (Å²) in [7, 11) is 0. The predicted octanol–water partition coefficient (Wildman–Crippen LogP) is 2.55. The Morgan fingerprint density at radius 1 is 1.38 bits per heavy atom. The van der Waals surface area contributed by atoms with Gasteiger partial charge in [-0.05, 0) is 26.8 Å². The summed E-state index contributed by atoms with van der Waals surface area (Å²) in [5.74, 6) is 0.0651. The zero-order valence-corrected chi connectivity index (χ0v) is 12.2. The zero-order chi connectivity index (χ0) is 15.6. The number of carbonyl (C=O) groups excluding carboxylic acids is 1. The highest BCUT2D eigenvalue weighted by atomic mass is 16.7. The molecule has 1 N–H and O–H groups in total. The molecule has 2 atom stereocenters. The quantitative estimate of drug-likeness (QED) is 0.513. The molecule has 2 heterocycles. The monoisotopic (exact) mass is 292 g/mol. The van der Waals surface area contributed by atoms with Crippen LogP contribution in [0.1, 0.15) is 39.4 Å². The van der Waals surface area contributed by atoms with Crippen molar-refractivity contribution in [1.29, 1.82) is 0 Å². The molecule has 2 aliphatic heterocycles. The van der Waals surface area contributed by atoms with Crippen molar-refractivity contribution in [3.63, 3.8) is 0 Å². The molecule has 3 rings (SSSR count). The van der Waals surface area contributed by atoms with Gasteiger partial charge in [0.1, 0.15) is 28.7 Å². The maximum absolute atomic E-state index is 11.2. The molecule has 0 radical (unpaired) electrons. The van der Waals surface area contributed by atoms with E-state index in [2.05, 4.69) is 5.32 Å². The molecule has 7 heteroatoms. The van der Waals surface area contributed by atoms with Gasteiger partial charge in [0, 0.05) is 12.5 Å². The Labute approximate surface area is 121 Å². The standard InChI is InChI=1S/C14H16N2O5/c1-7(17)15-9-5-8-11(6-10(9)16(18)19)20-13(2,3)14(4)12(8)21-14/h5-6,12H,1-4H3,(H,15,17). The van der Waals surface area contributed by atoms with Gasteiger partial charge >= 0.3 is 0 Å². The fraction of sp³-hybridized carbons (Fsp3) is 0.500. The summed E-state index contributed by atoms with van der Waals surface area (Å²) in [5, 5.41) is 13.7. The third-order valence-corrected chi connectivity index (χ3v) is 4.28. The number of epoxide rings is 1. The van der Waals surface area contributed by atoms with Gasteiger partial charge in [-0.3, -0.25) is 14.9 Å². The van der Waals surface area contributed by atoms with E-state index in [-0.39, 0.29) is 23.4 Å². The number of benzene rings is 1. The summed E-state index contributed by atoms with van der Waals surface area (Å²) in [6, 6.07) is 2.92. The number of hydrogen-bond acceptors (Lipinski definition) is 5.